The Hall–Kier alpha value is -0.870. The van der Waals surface area contributed by atoms with E-state index in [9.17, 15) is 20.1 Å². The zero-order chi connectivity index (χ0) is 24.9. The lowest BCUT2D eigenvalue weighted by molar-refractivity contribution is -0.162. The van der Waals surface area contributed by atoms with Crippen LogP contribution in [0.15, 0.2) is 11.6 Å². The van der Waals surface area contributed by atoms with Crippen molar-refractivity contribution in [2.24, 2.45) is 50.7 Å². The molecule has 4 heteroatoms. The highest BCUT2D eigenvalue weighted by atomic mass is 16.4. The topological polar surface area (TPSA) is 77.8 Å². The van der Waals surface area contributed by atoms with Crippen LogP contribution in [-0.2, 0) is 4.79 Å². The molecule has 2 spiro atoms. The molecular weight excluding hydrogens is 424 g/mol. The van der Waals surface area contributed by atoms with Crippen LogP contribution in [0.1, 0.15) is 106 Å². The van der Waals surface area contributed by atoms with Gasteiger partial charge in [-0.3, -0.25) is 0 Å². The Morgan fingerprint density at radius 1 is 0.941 bits per heavy atom. The molecule has 0 aromatic carbocycles. The minimum atomic E-state index is -0.947. The lowest BCUT2D eigenvalue weighted by atomic mass is 9.41. The van der Waals surface area contributed by atoms with E-state index in [4.69, 9.17) is 0 Å². The maximum atomic E-state index is 11.2. The van der Waals surface area contributed by atoms with E-state index in [1.54, 1.807) is 6.92 Å². The molecule has 34 heavy (non-hydrogen) atoms. The molecule has 192 valence electrons. The second-order valence-electron chi connectivity index (χ2n) is 14.5. The van der Waals surface area contributed by atoms with Crippen LogP contribution in [0.4, 0.5) is 0 Å². The van der Waals surface area contributed by atoms with E-state index in [-0.39, 0.29) is 22.5 Å². The summed E-state index contributed by atoms with van der Waals surface area (Å²) < 4.78 is 0. The molecule has 0 saturated heterocycles. The lowest BCUT2D eigenvalue weighted by Crippen LogP contribution is -2.57. The molecule has 4 nitrogen and oxygen atoms in total. The van der Waals surface area contributed by atoms with Crippen molar-refractivity contribution < 1.29 is 20.1 Å². The van der Waals surface area contributed by atoms with E-state index in [2.05, 4.69) is 34.6 Å². The van der Waals surface area contributed by atoms with E-state index < -0.39 is 12.1 Å². The van der Waals surface area contributed by atoms with Gasteiger partial charge in [0.2, 0.25) is 0 Å². The molecule has 0 heterocycles. The molecule has 5 aliphatic rings. The summed E-state index contributed by atoms with van der Waals surface area (Å²) in [5, 5.41) is 30.6. The first-order valence-corrected chi connectivity index (χ1v) is 14.0. The van der Waals surface area contributed by atoms with Gasteiger partial charge in [0.1, 0.15) is 0 Å². The highest BCUT2D eigenvalue weighted by Crippen LogP contribution is 2.89. The highest BCUT2D eigenvalue weighted by Gasteiger charge is 2.82. The molecule has 5 rings (SSSR count). The Balaban J connectivity index is 1.38. The third-order valence-electron chi connectivity index (χ3n) is 13.2. The van der Waals surface area contributed by atoms with Crippen LogP contribution < -0.4 is 0 Å². The molecule has 0 aliphatic heterocycles. The quantitative estimate of drug-likeness (QED) is 0.416. The van der Waals surface area contributed by atoms with Crippen LogP contribution in [0.2, 0.25) is 0 Å². The zero-order valence-electron chi connectivity index (χ0n) is 22.4. The van der Waals surface area contributed by atoms with Crippen molar-refractivity contribution in [3.8, 4) is 0 Å². The molecule has 0 aromatic rings. The molecule has 1 unspecified atom stereocenters. The number of aliphatic hydroxyl groups excluding tert-OH is 2. The van der Waals surface area contributed by atoms with Gasteiger partial charge in [0.05, 0.1) is 12.2 Å². The van der Waals surface area contributed by atoms with Gasteiger partial charge in [-0.2, -0.15) is 0 Å². The highest BCUT2D eigenvalue weighted by molar-refractivity contribution is 5.85. The summed E-state index contributed by atoms with van der Waals surface area (Å²) in [5.41, 5.74) is 1.88. The van der Waals surface area contributed by atoms with Gasteiger partial charge >= 0.3 is 5.97 Å². The van der Waals surface area contributed by atoms with Crippen molar-refractivity contribution in [1.82, 2.24) is 0 Å². The molecule has 5 saturated carbocycles. The second-order valence-corrected chi connectivity index (χ2v) is 14.5. The van der Waals surface area contributed by atoms with Crippen LogP contribution in [0.3, 0.4) is 0 Å². The number of hydrogen-bond acceptors (Lipinski definition) is 3. The van der Waals surface area contributed by atoms with Crippen LogP contribution in [0.25, 0.3) is 0 Å². The van der Waals surface area contributed by atoms with E-state index in [1.165, 1.54) is 57.4 Å². The Morgan fingerprint density at radius 3 is 2.26 bits per heavy atom. The third kappa shape index (κ3) is 3.00. The Kier molecular flexibility index (Phi) is 5.52. The molecular formula is C30H48O4. The maximum absolute atomic E-state index is 11.2. The number of aliphatic hydroxyl groups is 2. The van der Waals surface area contributed by atoms with Crippen molar-refractivity contribution in [2.75, 3.05) is 0 Å². The van der Waals surface area contributed by atoms with Gasteiger partial charge < -0.3 is 15.3 Å². The predicted octanol–water partition coefficient (Wildman–Crippen LogP) is 6.20. The van der Waals surface area contributed by atoms with Gasteiger partial charge in [0, 0.05) is 5.57 Å². The largest absolute Gasteiger partial charge is 0.478 e. The molecule has 10 atom stereocenters. The van der Waals surface area contributed by atoms with Gasteiger partial charge in [0.25, 0.3) is 0 Å². The van der Waals surface area contributed by atoms with Crippen LogP contribution >= 0.6 is 0 Å². The monoisotopic (exact) mass is 472 g/mol. The molecule has 5 aliphatic carbocycles. The molecule has 0 bridgehead atoms. The Labute approximate surface area is 206 Å². The van der Waals surface area contributed by atoms with E-state index in [1.807, 2.05) is 0 Å². The zero-order valence-corrected chi connectivity index (χ0v) is 22.4. The average molecular weight is 473 g/mol. The minimum absolute atomic E-state index is 0.0405. The Morgan fingerprint density at radius 2 is 1.59 bits per heavy atom. The molecule has 3 N–H and O–H groups in total. The van der Waals surface area contributed by atoms with Crippen LogP contribution in [-0.4, -0.2) is 33.5 Å². The minimum Gasteiger partial charge on any atom is -0.478 e. The van der Waals surface area contributed by atoms with Crippen molar-refractivity contribution in [2.45, 2.75) is 118 Å². The smallest absolute Gasteiger partial charge is 0.331 e. The van der Waals surface area contributed by atoms with Crippen molar-refractivity contribution >= 4 is 5.97 Å². The predicted molar refractivity (Wildman–Crippen MR) is 134 cm³/mol. The first-order valence-electron chi connectivity index (χ1n) is 14.0. The summed E-state index contributed by atoms with van der Waals surface area (Å²) in [7, 11) is 0. The fraction of sp³-hybridized carbons (Fsp3) is 0.900. The van der Waals surface area contributed by atoms with Gasteiger partial charge in [-0.05, 0) is 128 Å². The number of carbonyl (C=O) groups is 1. The van der Waals surface area contributed by atoms with Crippen LogP contribution in [0.5, 0.6) is 0 Å². The van der Waals surface area contributed by atoms with Gasteiger partial charge in [0.15, 0.2) is 0 Å². The average Bonchev–Trinajstić information content (AvgIpc) is 3.33. The standard InChI is InChI=1S/C30H48O4/c1-18(15-20(31)16-19(2)25(33)34)21-9-11-28(6)23-8-7-22-26(3,4)24(32)10-12-29(22)17-30(23,29)14-13-27(21,28)5/h16,18,20-24,31-32H,7-15,17H2,1-6H3,(H,33,34)/b19-16+/t18-,20?,21-,22+,23+,24-,27-,28+,29-,30+/m1/s1. The van der Waals surface area contributed by atoms with Gasteiger partial charge in [-0.25, -0.2) is 4.79 Å². The van der Waals surface area contributed by atoms with E-state index >= 15 is 0 Å². The lowest BCUT2D eigenvalue weighted by Gasteiger charge is -2.63. The normalized spacial score (nSPS) is 50.9. The fourth-order valence-electron chi connectivity index (χ4n) is 11.3. The first-order chi connectivity index (χ1) is 15.8. The third-order valence-corrected chi connectivity index (χ3v) is 13.2. The summed E-state index contributed by atoms with van der Waals surface area (Å²) >= 11 is 0. The second kappa shape index (κ2) is 7.57. The summed E-state index contributed by atoms with van der Waals surface area (Å²) in [6.45, 7) is 13.7. The SMILES string of the molecule is C/C(=C\C(O)C[C@@H](C)[C@H]1CC[C@@]2(C)[C@@H]3CC[C@H]4C(C)(C)[C@H](O)CC[C@@]45C[C@@]35CC[C@]12C)C(=O)O. The van der Waals surface area contributed by atoms with Crippen molar-refractivity contribution in [3.05, 3.63) is 11.6 Å². The summed E-state index contributed by atoms with van der Waals surface area (Å²) in [6.07, 6.45) is 12.7. The number of hydrogen-bond donors (Lipinski definition) is 3. The van der Waals surface area contributed by atoms with E-state index in [0.29, 0.717) is 40.4 Å². The molecule has 0 radical (unpaired) electrons. The summed E-state index contributed by atoms with van der Waals surface area (Å²) in [6, 6.07) is 0. The van der Waals surface area contributed by atoms with Crippen LogP contribution in [0, 0.1) is 50.7 Å². The first kappa shape index (κ1) is 24.8. The molecule has 5 fully saturated rings. The van der Waals surface area contributed by atoms with E-state index in [0.717, 1.165) is 12.3 Å². The number of aliphatic carboxylic acids is 1. The van der Waals surface area contributed by atoms with Gasteiger partial charge in [-0.1, -0.05) is 34.6 Å². The number of carboxylic acid groups (broad SMARTS) is 1. The van der Waals surface area contributed by atoms with Gasteiger partial charge in [-0.15, -0.1) is 0 Å². The van der Waals surface area contributed by atoms with Crippen molar-refractivity contribution in [1.29, 1.82) is 0 Å². The molecule has 0 amide bonds. The Bertz CT molecular complexity index is 892. The van der Waals surface area contributed by atoms with Crippen molar-refractivity contribution in [3.63, 3.8) is 0 Å². The number of carboxylic acids is 1. The number of fused-ring (bicyclic) bond motifs is 2. The molecule has 0 aromatic heterocycles. The maximum Gasteiger partial charge on any atom is 0.331 e. The summed E-state index contributed by atoms with van der Waals surface area (Å²) in [5.74, 6) is 1.47. The summed E-state index contributed by atoms with van der Waals surface area (Å²) in [4.78, 5) is 11.2. The fourth-order valence-corrected chi connectivity index (χ4v) is 11.3. The number of rotatable bonds is 5.